The molecule has 2 N–H and O–H groups in total. The van der Waals surface area contributed by atoms with Gasteiger partial charge in [0.1, 0.15) is 12.4 Å². The Balaban J connectivity index is 1.12. The molecule has 6 aliphatic rings. The van der Waals surface area contributed by atoms with Gasteiger partial charge in [-0.05, 0) is 104 Å². The summed E-state index contributed by atoms with van der Waals surface area (Å²) in [5, 5.41) is 12.8. The number of hydrogen-bond donors (Lipinski definition) is 2. The molecule has 2 bridgehead atoms. The highest BCUT2D eigenvalue weighted by molar-refractivity contribution is 7.91. The summed E-state index contributed by atoms with van der Waals surface area (Å²) in [5.41, 5.74) is 2.27. The Kier molecular flexibility index (Phi) is 9.91. The quantitative estimate of drug-likeness (QED) is 0.441. The molecule has 0 spiro atoms. The molecule has 0 aromatic heterocycles. The van der Waals surface area contributed by atoms with Crippen molar-refractivity contribution in [1.82, 2.24) is 14.5 Å². The van der Waals surface area contributed by atoms with Gasteiger partial charge in [-0.2, -0.15) is 0 Å². The van der Waals surface area contributed by atoms with E-state index in [4.69, 9.17) is 21.1 Å². The van der Waals surface area contributed by atoms with Crippen molar-refractivity contribution in [2.75, 3.05) is 63.9 Å². The smallest absolute Gasteiger partial charge is 0.264 e. The van der Waals surface area contributed by atoms with E-state index in [0.29, 0.717) is 48.5 Å². The van der Waals surface area contributed by atoms with Gasteiger partial charge in [-0.15, -0.1) is 0 Å². The number of aryl methyl sites for hydroxylation is 1. The molecule has 4 aliphatic heterocycles. The average Bonchev–Trinajstić information content (AvgIpc) is 3.88. The molecule has 12 heteroatoms. The number of nitrogens with one attached hydrogen (secondary N) is 1. The van der Waals surface area contributed by atoms with E-state index < -0.39 is 26.8 Å². The first-order valence-electron chi connectivity index (χ1n) is 18.9. The summed E-state index contributed by atoms with van der Waals surface area (Å²) in [5.74, 6) is 0.151. The van der Waals surface area contributed by atoms with Crippen LogP contribution in [-0.4, -0.2) is 105 Å². The van der Waals surface area contributed by atoms with Crippen LogP contribution in [0.2, 0.25) is 5.02 Å². The lowest BCUT2D eigenvalue weighted by atomic mass is 9.64. The summed E-state index contributed by atoms with van der Waals surface area (Å²) in [6.45, 7) is 9.73. The van der Waals surface area contributed by atoms with E-state index in [-0.39, 0.29) is 23.7 Å². The second-order valence-corrected chi connectivity index (χ2v) is 18.2. The first-order valence-corrected chi connectivity index (χ1v) is 20.8. The minimum Gasteiger partial charge on any atom is -0.487 e. The monoisotopic (exact) mass is 738 g/mol. The highest BCUT2D eigenvalue weighted by atomic mass is 35.5. The van der Waals surface area contributed by atoms with Crippen molar-refractivity contribution in [1.29, 1.82) is 0 Å². The number of piperazine rings is 1. The normalized spacial score (nSPS) is 33.8. The van der Waals surface area contributed by atoms with E-state index in [1.54, 1.807) is 18.2 Å². The van der Waals surface area contributed by atoms with E-state index >= 15 is 0 Å². The van der Waals surface area contributed by atoms with Gasteiger partial charge in [0, 0.05) is 56.4 Å². The molecule has 6 atom stereocenters. The fourth-order valence-electron chi connectivity index (χ4n) is 9.01. The van der Waals surface area contributed by atoms with Crippen LogP contribution in [0.25, 0.3) is 0 Å². The highest BCUT2D eigenvalue weighted by Crippen LogP contribution is 2.47. The zero-order valence-corrected chi connectivity index (χ0v) is 31.1. The second kappa shape index (κ2) is 14.3. The minimum absolute atomic E-state index is 0.0473. The Morgan fingerprint density at radius 3 is 2.59 bits per heavy atom. The molecule has 276 valence electrons. The lowest BCUT2D eigenvalue weighted by molar-refractivity contribution is -0.0940. The molecule has 4 fully saturated rings. The number of benzene rings is 2. The fourth-order valence-corrected chi connectivity index (χ4v) is 10.9. The van der Waals surface area contributed by atoms with E-state index in [9.17, 15) is 18.3 Å². The topological polar surface area (TPSA) is 112 Å². The number of halogens is 1. The maximum Gasteiger partial charge on any atom is 0.264 e. The van der Waals surface area contributed by atoms with Gasteiger partial charge in [-0.3, -0.25) is 14.6 Å². The third kappa shape index (κ3) is 7.44. The largest absolute Gasteiger partial charge is 0.487 e. The van der Waals surface area contributed by atoms with Crippen LogP contribution < -0.4 is 14.4 Å². The van der Waals surface area contributed by atoms with Crippen LogP contribution in [0, 0.1) is 23.7 Å². The number of sulfonamides is 1. The van der Waals surface area contributed by atoms with Crippen LogP contribution in [0.4, 0.5) is 5.69 Å². The summed E-state index contributed by atoms with van der Waals surface area (Å²) in [7, 11) is -3.89. The van der Waals surface area contributed by atoms with Gasteiger partial charge in [0.15, 0.2) is 0 Å². The Bertz CT molecular complexity index is 1760. The van der Waals surface area contributed by atoms with Crippen LogP contribution in [0.1, 0.15) is 60.5 Å². The predicted molar refractivity (Wildman–Crippen MR) is 198 cm³/mol. The molecule has 51 heavy (non-hydrogen) atoms. The molecular formula is C39H51ClN4O6S. The van der Waals surface area contributed by atoms with E-state index in [2.05, 4.69) is 25.5 Å². The molecule has 2 aromatic rings. The van der Waals surface area contributed by atoms with Gasteiger partial charge in [0.25, 0.3) is 5.91 Å². The van der Waals surface area contributed by atoms with Crippen molar-refractivity contribution in [3.05, 3.63) is 70.3 Å². The number of hydrogen-bond acceptors (Lipinski definition) is 9. The summed E-state index contributed by atoms with van der Waals surface area (Å²) >= 11 is 6.38. The van der Waals surface area contributed by atoms with Crippen molar-refractivity contribution < 1.29 is 27.8 Å². The molecule has 4 heterocycles. The molecule has 2 saturated heterocycles. The number of nitrogens with zero attached hydrogens (tertiary/aromatic N) is 3. The molecule has 2 saturated carbocycles. The van der Waals surface area contributed by atoms with Crippen molar-refractivity contribution in [3.63, 3.8) is 0 Å². The molecule has 0 radical (unpaired) electrons. The van der Waals surface area contributed by atoms with Crippen molar-refractivity contribution in [2.45, 2.75) is 68.9 Å². The Labute approximate surface area is 307 Å². The third-order valence-corrected chi connectivity index (χ3v) is 14.6. The first-order chi connectivity index (χ1) is 24.6. The summed E-state index contributed by atoms with van der Waals surface area (Å²) < 4.78 is 41.3. The van der Waals surface area contributed by atoms with Crippen LogP contribution in [0.15, 0.2) is 48.6 Å². The lowest BCUT2D eigenvalue weighted by Gasteiger charge is -2.50. The van der Waals surface area contributed by atoms with E-state index in [0.717, 1.165) is 89.3 Å². The number of carbonyl (C=O) groups is 1. The number of rotatable bonds is 3. The number of amides is 1. The Morgan fingerprint density at radius 2 is 1.84 bits per heavy atom. The molecular weight excluding hydrogens is 688 g/mol. The first kappa shape index (κ1) is 35.4. The molecule has 1 unspecified atom stereocenters. The zero-order chi connectivity index (χ0) is 35.3. The molecule has 8 rings (SSSR count). The van der Waals surface area contributed by atoms with Gasteiger partial charge in [-0.1, -0.05) is 36.7 Å². The maximum atomic E-state index is 13.5. The molecule has 2 aliphatic carbocycles. The third-order valence-electron chi connectivity index (χ3n) is 12.5. The maximum absolute atomic E-state index is 13.5. The lowest BCUT2D eigenvalue weighted by Crippen LogP contribution is -2.60. The van der Waals surface area contributed by atoms with E-state index in [1.165, 1.54) is 5.56 Å². The highest BCUT2D eigenvalue weighted by Gasteiger charge is 2.51. The summed E-state index contributed by atoms with van der Waals surface area (Å²) in [6, 6.07) is 11.7. The van der Waals surface area contributed by atoms with Crippen LogP contribution in [-0.2, 0) is 27.8 Å². The number of anilines is 1. The predicted octanol–water partition coefficient (Wildman–Crippen LogP) is 4.49. The number of carbonyl (C=O) groups excluding carboxylic acids is 1. The van der Waals surface area contributed by atoms with Crippen LogP contribution in [0.3, 0.4) is 0 Å². The number of β-amino-alcohol motifs (C(OH)–C–C–N with tert-alkyl or cyclic N) is 1. The standard InChI is InChI=1S/C39H51ClN4O6S/c1-26-11-12-39(46,25-42-14-16-43(17-15-42)32-23-49-24-32)34-9-6-29(34)21-44-13-3-2-4-27-18-31(40)8-5-30(27)22-50-36-10-7-28(19-35(36)44)38(45)41-51(47,48)37-20-33(26)37/h5,7-8,10-12,18-19,26,29,32-34,37,46H,2-4,6,9,13-17,20-25H2,1H3,(H,41,45)/b12-11+/t26-,29-,33-,34+,37?,39-/m0/s1. The van der Waals surface area contributed by atoms with Gasteiger partial charge in [-0.25, -0.2) is 13.1 Å². The van der Waals surface area contributed by atoms with Crippen molar-refractivity contribution in [2.24, 2.45) is 23.7 Å². The summed E-state index contributed by atoms with van der Waals surface area (Å²) in [4.78, 5) is 20.8. The number of allylic oxidation sites excluding steroid dienone is 1. The van der Waals surface area contributed by atoms with Crippen LogP contribution >= 0.6 is 11.6 Å². The van der Waals surface area contributed by atoms with Gasteiger partial charge < -0.3 is 19.5 Å². The second-order valence-electron chi connectivity index (χ2n) is 15.9. The zero-order valence-electron chi connectivity index (χ0n) is 29.5. The Morgan fingerprint density at radius 1 is 1.02 bits per heavy atom. The summed E-state index contributed by atoms with van der Waals surface area (Å²) in [6.07, 6.45) is 9.23. The number of ether oxygens (including phenoxy) is 2. The van der Waals surface area contributed by atoms with Gasteiger partial charge in [0.2, 0.25) is 10.0 Å². The minimum atomic E-state index is -3.89. The molecule has 2 aromatic carbocycles. The van der Waals surface area contributed by atoms with E-state index in [1.807, 2.05) is 31.2 Å². The van der Waals surface area contributed by atoms with Gasteiger partial charge >= 0.3 is 0 Å². The van der Waals surface area contributed by atoms with Crippen LogP contribution in [0.5, 0.6) is 5.75 Å². The fraction of sp³-hybridized carbons (Fsp3) is 0.615. The van der Waals surface area contributed by atoms with Crippen molar-refractivity contribution in [3.8, 4) is 5.75 Å². The van der Waals surface area contributed by atoms with Crippen molar-refractivity contribution >= 4 is 33.2 Å². The molecule has 1 amide bonds. The average molecular weight is 739 g/mol. The number of fused-ring (bicyclic) bond motifs is 4. The SMILES string of the molecule is C[C@H]1/C=C/[C@](O)(CN2CCN(C3COC3)CC2)[C@@H]2CC[C@H]2CN2CCCCc3cc(Cl)ccc3COc3ccc(cc32)C(=O)NS(=O)(=O)C2C[C@H]21. The van der Waals surface area contributed by atoms with Gasteiger partial charge in [0.05, 0.1) is 35.8 Å². The Hall–Kier alpha value is -2.67. The molecule has 10 nitrogen and oxygen atoms in total. The number of aliphatic hydroxyl groups is 1.